The summed E-state index contributed by atoms with van der Waals surface area (Å²) in [5, 5.41) is 10.3. The second-order valence-electron chi connectivity index (χ2n) is 7.77. The maximum atomic E-state index is 12.6. The fourth-order valence-electron chi connectivity index (χ4n) is 3.39. The molecule has 0 saturated heterocycles. The van der Waals surface area contributed by atoms with Crippen LogP contribution >= 0.6 is 0 Å². The van der Waals surface area contributed by atoms with Gasteiger partial charge < -0.3 is 10.1 Å². The van der Waals surface area contributed by atoms with Crippen LogP contribution in [-0.2, 0) is 6.42 Å². The minimum Gasteiger partial charge on any atom is -0.497 e. The zero-order valence-electron chi connectivity index (χ0n) is 19.3. The van der Waals surface area contributed by atoms with Crippen LogP contribution in [0.5, 0.6) is 5.75 Å². The van der Waals surface area contributed by atoms with E-state index >= 15 is 0 Å². The Morgan fingerprint density at radius 3 is 2.50 bits per heavy atom. The van der Waals surface area contributed by atoms with Crippen molar-refractivity contribution in [3.8, 4) is 23.0 Å². The van der Waals surface area contributed by atoms with Crippen LogP contribution in [0.4, 0.5) is 10.6 Å². The minimum absolute atomic E-state index is 0.226. The lowest BCUT2D eigenvalue weighted by molar-refractivity contribution is 0.252. The van der Waals surface area contributed by atoms with Crippen molar-refractivity contribution >= 4 is 11.8 Å². The minimum atomic E-state index is -0.388. The molecular weight excluding hydrogens is 432 g/mol. The Morgan fingerprint density at radius 2 is 1.82 bits per heavy atom. The highest BCUT2D eigenvalue weighted by molar-refractivity contribution is 5.89. The molecule has 0 spiro atoms. The molecule has 0 fully saturated rings. The van der Waals surface area contributed by atoms with E-state index in [0.29, 0.717) is 35.7 Å². The molecule has 2 aromatic carbocycles. The maximum absolute atomic E-state index is 12.6. The van der Waals surface area contributed by atoms with Crippen molar-refractivity contribution in [2.24, 2.45) is 0 Å². The highest BCUT2D eigenvalue weighted by Crippen LogP contribution is 2.23. The van der Waals surface area contributed by atoms with Gasteiger partial charge in [0.2, 0.25) is 5.95 Å². The number of hydrogen-bond acceptors (Lipinski definition) is 5. The molecular formula is C25H26N6O3. The molecule has 2 aromatic heterocycles. The highest BCUT2D eigenvalue weighted by atomic mass is 16.5. The number of carbonyl (C=O) groups is 1. The van der Waals surface area contributed by atoms with Gasteiger partial charge in [-0.3, -0.25) is 15.1 Å². The zero-order chi connectivity index (χ0) is 24.1. The lowest BCUT2D eigenvalue weighted by Gasteiger charge is -2.10. The number of aromatic nitrogens is 4. The third-order valence-electron chi connectivity index (χ3n) is 5.46. The number of H-pyrrole nitrogens is 1. The monoisotopic (exact) mass is 458 g/mol. The first-order valence-corrected chi connectivity index (χ1v) is 10.9. The number of nitrogens with zero attached hydrogens (tertiary/aromatic N) is 3. The largest absolute Gasteiger partial charge is 0.497 e. The van der Waals surface area contributed by atoms with Crippen molar-refractivity contribution in [3.05, 3.63) is 87.8 Å². The number of hydrogen-bond donors (Lipinski definition) is 3. The fourth-order valence-corrected chi connectivity index (χ4v) is 3.39. The van der Waals surface area contributed by atoms with E-state index in [1.54, 1.807) is 27.0 Å². The molecule has 34 heavy (non-hydrogen) atoms. The maximum Gasteiger partial charge on any atom is 0.320 e. The van der Waals surface area contributed by atoms with E-state index in [2.05, 4.69) is 25.7 Å². The Morgan fingerprint density at radius 1 is 1.09 bits per heavy atom. The number of amides is 2. The van der Waals surface area contributed by atoms with Crippen molar-refractivity contribution in [2.45, 2.75) is 20.3 Å². The third kappa shape index (κ3) is 5.15. The molecule has 0 radical (unpaired) electrons. The Labute approximate surface area is 196 Å². The number of aryl methyl sites for hydroxylation is 1. The quantitative estimate of drug-likeness (QED) is 0.391. The van der Waals surface area contributed by atoms with Crippen LogP contribution in [0.25, 0.3) is 17.2 Å². The number of carbonyl (C=O) groups excluding carboxylic acids is 1. The highest BCUT2D eigenvalue weighted by Gasteiger charge is 2.16. The molecule has 9 nitrogen and oxygen atoms in total. The summed E-state index contributed by atoms with van der Waals surface area (Å²) in [6, 6.07) is 18.6. The van der Waals surface area contributed by atoms with Crippen LogP contribution in [0.3, 0.4) is 0 Å². The van der Waals surface area contributed by atoms with Gasteiger partial charge in [0.25, 0.3) is 5.56 Å². The predicted molar refractivity (Wildman–Crippen MR) is 131 cm³/mol. The SMILES string of the molecule is COc1ccc(CCNC(=O)Nc2cc(-c3ccccc3)nn2-c2nc(C)c(C)c(=O)[nH]2)cc1. The third-order valence-corrected chi connectivity index (χ3v) is 5.46. The van der Waals surface area contributed by atoms with Crippen LogP contribution in [0, 0.1) is 13.8 Å². The van der Waals surface area contributed by atoms with Gasteiger partial charge in [-0.1, -0.05) is 42.5 Å². The second kappa shape index (κ2) is 10.0. The van der Waals surface area contributed by atoms with Gasteiger partial charge in [0, 0.05) is 29.4 Å². The number of nitrogens with one attached hydrogen (secondary N) is 3. The van der Waals surface area contributed by atoms with Gasteiger partial charge in [0.05, 0.1) is 12.8 Å². The summed E-state index contributed by atoms with van der Waals surface area (Å²) in [6.45, 7) is 3.91. The van der Waals surface area contributed by atoms with Gasteiger partial charge in [-0.2, -0.15) is 9.78 Å². The van der Waals surface area contributed by atoms with Crippen molar-refractivity contribution in [3.63, 3.8) is 0 Å². The van der Waals surface area contributed by atoms with Crippen LogP contribution in [0.1, 0.15) is 16.8 Å². The van der Waals surface area contributed by atoms with Gasteiger partial charge in [0.1, 0.15) is 11.6 Å². The number of aromatic amines is 1. The summed E-state index contributed by atoms with van der Waals surface area (Å²) in [5.41, 5.74) is 3.45. The molecule has 4 aromatic rings. The zero-order valence-corrected chi connectivity index (χ0v) is 19.3. The molecule has 2 heterocycles. The standard InChI is InChI=1S/C25H26N6O3/c1-16-17(2)27-24(29-23(16)32)31-22(15-21(30-31)19-7-5-4-6-8-19)28-25(33)26-14-13-18-9-11-20(34-3)12-10-18/h4-12,15H,13-14H2,1-3H3,(H2,26,28,33)(H,27,29,32). The molecule has 0 aliphatic carbocycles. The molecule has 0 saturated carbocycles. The van der Waals surface area contributed by atoms with Gasteiger partial charge in [-0.05, 0) is 38.0 Å². The summed E-state index contributed by atoms with van der Waals surface area (Å²) in [6.07, 6.45) is 0.665. The molecule has 0 unspecified atom stereocenters. The van der Waals surface area contributed by atoms with Crippen molar-refractivity contribution in [2.75, 3.05) is 19.0 Å². The number of ether oxygens (including phenoxy) is 1. The fraction of sp³-hybridized carbons (Fsp3) is 0.200. The molecule has 0 aliphatic rings. The molecule has 174 valence electrons. The number of methoxy groups -OCH3 is 1. The van der Waals surface area contributed by atoms with Gasteiger partial charge in [-0.25, -0.2) is 9.78 Å². The number of urea groups is 1. The molecule has 4 rings (SSSR count). The summed E-state index contributed by atoms with van der Waals surface area (Å²) < 4.78 is 6.60. The molecule has 3 N–H and O–H groups in total. The van der Waals surface area contributed by atoms with E-state index in [4.69, 9.17) is 4.74 Å². The van der Waals surface area contributed by atoms with E-state index < -0.39 is 0 Å². The van der Waals surface area contributed by atoms with Crippen LogP contribution < -0.4 is 20.9 Å². The van der Waals surface area contributed by atoms with E-state index in [1.165, 1.54) is 4.68 Å². The van der Waals surface area contributed by atoms with Crippen molar-refractivity contribution in [1.29, 1.82) is 0 Å². The first-order chi connectivity index (χ1) is 16.4. The predicted octanol–water partition coefficient (Wildman–Crippen LogP) is 3.61. The normalized spacial score (nSPS) is 10.7. The number of anilines is 1. The Bertz CT molecular complexity index is 1340. The molecule has 0 atom stereocenters. The van der Waals surface area contributed by atoms with E-state index in [9.17, 15) is 9.59 Å². The number of rotatable bonds is 7. The summed E-state index contributed by atoms with van der Waals surface area (Å²) >= 11 is 0. The van der Waals surface area contributed by atoms with Crippen molar-refractivity contribution in [1.82, 2.24) is 25.1 Å². The first kappa shape index (κ1) is 22.8. The lowest BCUT2D eigenvalue weighted by atomic mass is 10.1. The second-order valence-corrected chi connectivity index (χ2v) is 7.77. The van der Waals surface area contributed by atoms with Gasteiger partial charge in [-0.15, -0.1) is 0 Å². The summed E-state index contributed by atoms with van der Waals surface area (Å²) in [4.78, 5) is 32.2. The molecule has 9 heteroatoms. The van der Waals surface area contributed by atoms with Gasteiger partial charge in [0.15, 0.2) is 0 Å². The van der Waals surface area contributed by atoms with E-state index in [1.807, 2.05) is 54.6 Å². The Balaban J connectivity index is 1.54. The van der Waals surface area contributed by atoms with Crippen LogP contribution in [0.15, 0.2) is 65.5 Å². The topological polar surface area (TPSA) is 114 Å². The summed E-state index contributed by atoms with van der Waals surface area (Å²) in [5.74, 6) is 1.39. The molecule has 0 bridgehead atoms. The smallest absolute Gasteiger partial charge is 0.320 e. The van der Waals surface area contributed by atoms with Gasteiger partial charge >= 0.3 is 6.03 Å². The Hall–Kier alpha value is -4.40. The number of benzene rings is 2. The van der Waals surface area contributed by atoms with E-state index in [-0.39, 0.29) is 17.5 Å². The van der Waals surface area contributed by atoms with Crippen LogP contribution in [0.2, 0.25) is 0 Å². The van der Waals surface area contributed by atoms with Crippen LogP contribution in [-0.4, -0.2) is 39.4 Å². The Kier molecular flexibility index (Phi) is 6.72. The van der Waals surface area contributed by atoms with E-state index in [0.717, 1.165) is 16.9 Å². The molecule has 0 aliphatic heterocycles. The summed E-state index contributed by atoms with van der Waals surface area (Å²) in [7, 11) is 1.62. The average molecular weight is 459 g/mol. The average Bonchev–Trinajstić information content (AvgIpc) is 3.27. The lowest BCUT2D eigenvalue weighted by Crippen LogP contribution is -2.31. The molecule has 2 amide bonds. The first-order valence-electron chi connectivity index (χ1n) is 10.9. The van der Waals surface area contributed by atoms with Crippen molar-refractivity contribution < 1.29 is 9.53 Å².